The van der Waals surface area contributed by atoms with Crippen LogP contribution in [0.5, 0.6) is 0 Å². The fourth-order valence-electron chi connectivity index (χ4n) is 3.49. The molecule has 150 valence electrons. The van der Waals surface area contributed by atoms with E-state index in [1.807, 2.05) is 54.6 Å². The van der Waals surface area contributed by atoms with E-state index in [1.54, 1.807) is 17.5 Å². The monoisotopic (exact) mass is 426 g/mol. The molecule has 0 radical (unpaired) electrons. The maximum atomic E-state index is 12.6. The number of thiophene rings is 1. The van der Waals surface area contributed by atoms with Gasteiger partial charge in [0.1, 0.15) is 4.21 Å². The summed E-state index contributed by atoms with van der Waals surface area (Å²) in [5.74, 6) is -0.121. The third-order valence-corrected chi connectivity index (χ3v) is 8.40. The average molecular weight is 427 g/mol. The van der Waals surface area contributed by atoms with Gasteiger partial charge in [0.05, 0.1) is 0 Å². The molecular formula is C22H22N2O3S2. The Balaban J connectivity index is 1.34. The highest BCUT2D eigenvalue weighted by Crippen LogP contribution is 2.24. The first-order valence-corrected chi connectivity index (χ1v) is 11.9. The van der Waals surface area contributed by atoms with E-state index >= 15 is 0 Å². The van der Waals surface area contributed by atoms with Gasteiger partial charge in [0, 0.05) is 24.7 Å². The molecule has 0 saturated carbocycles. The number of sulfonamides is 1. The van der Waals surface area contributed by atoms with Crippen molar-refractivity contribution in [2.24, 2.45) is 0 Å². The largest absolute Gasteiger partial charge is 0.349 e. The van der Waals surface area contributed by atoms with Gasteiger partial charge < -0.3 is 5.32 Å². The number of nitrogens with one attached hydrogen (secondary N) is 1. The molecule has 5 nitrogen and oxygen atoms in total. The molecule has 29 heavy (non-hydrogen) atoms. The molecule has 1 aromatic heterocycles. The van der Waals surface area contributed by atoms with Gasteiger partial charge in [-0.15, -0.1) is 11.3 Å². The summed E-state index contributed by atoms with van der Waals surface area (Å²) in [4.78, 5) is 12.6. The molecule has 1 fully saturated rings. The predicted octanol–water partition coefficient (Wildman–Crippen LogP) is 4.00. The van der Waals surface area contributed by atoms with Gasteiger partial charge in [-0.3, -0.25) is 4.79 Å². The van der Waals surface area contributed by atoms with Crippen molar-refractivity contribution < 1.29 is 13.2 Å². The van der Waals surface area contributed by atoms with Crippen LogP contribution in [0.1, 0.15) is 23.2 Å². The zero-order valence-corrected chi connectivity index (χ0v) is 17.5. The summed E-state index contributed by atoms with van der Waals surface area (Å²) in [6, 6.07) is 20.9. The van der Waals surface area contributed by atoms with Crippen molar-refractivity contribution in [3.8, 4) is 11.1 Å². The van der Waals surface area contributed by atoms with Crippen LogP contribution >= 0.6 is 11.3 Å². The molecule has 0 atom stereocenters. The van der Waals surface area contributed by atoms with Crippen molar-refractivity contribution in [2.75, 3.05) is 13.1 Å². The predicted molar refractivity (Wildman–Crippen MR) is 115 cm³/mol. The van der Waals surface area contributed by atoms with Crippen molar-refractivity contribution in [1.82, 2.24) is 9.62 Å². The van der Waals surface area contributed by atoms with Gasteiger partial charge in [0.25, 0.3) is 15.9 Å². The summed E-state index contributed by atoms with van der Waals surface area (Å²) >= 11 is 1.23. The molecule has 0 spiro atoms. The Morgan fingerprint density at radius 3 is 2.17 bits per heavy atom. The molecule has 0 unspecified atom stereocenters. The highest BCUT2D eigenvalue weighted by Gasteiger charge is 2.30. The Bertz CT molecular complexity index is 1060. The zero-order chi connectivity index (χ0) is 20.3. The summed E-state index contributed by atoms with van der Waals surface area (Å²) in [5.41, 5.74) is 2.78. The van der Waals surface area contributed by atoms with E-state index < -0.39 is 10.0 Å². The number of carbonyl (C=O) groups excluding carboxylic acids is 1. The Hall–Kier alpha value is -2.48. The minimum absolute atomic E-state index is 0.0221. The van der Waals surface area contributed by atoms with E-state index in [2.05, 4.69) is 5.32 Å². The number of amides is 1. The Kier molecular flexibility index (Phi) is 5.80. The fourth-order valence-corrected chi connectivity index (χ4v) is 6.11. The first-order valence-electron chi connectivity index (χ1n) is 9.54. The molecule has 1 aliphatic rings. The van der Waals surface area contributed by atoms with Crippen molar-refractivity contribution in [3.63, 3.8) is 0 Å². The molecule has 0 aliphatic carbocycles. The molecule has 3 aromatic rings. The maximum Gasteiger partial charge on any atom is 0.252 e. The first kappa shape index (κ1) is 19.8. The summed E-state index contributed by atoms with van der Waals surface area (Å²) in [6.07, 6.45) is 1.22. The normalized spacial score (nSPS) is 15.9. The minimum atomic E-state index is -3.41. The smallest absolute Gasteiger partial charge is 0.252 e. The Morgan fingerprint density at radius 2 is 1.55 bits per heavy atom. The van der Waals surface area contributed by atoms with Gasteiger partial charge in [-0.25, -0.2) is 8.42 Å². The van der Waals surface area contributed by atoms with Gasteiger partial charge in [0.15, 0.2) is 0 Å². The topological polar surface area (TPSA) is 66.5 Å². The second-order valence-electron chi connectivity index (χ2n) is 7.03. The lowest BCUT2D eigenvalue weighted by Crippen LogP contribution is -2.46. The van der Waals surface area contributed by atoms with Crippen LogP contribution < -0.4 is 5.32 Å². The standard InChI is InChI=1S/C22H22N2O3S2/c25-22(19-10-8-18(9-11-19)17-5-2-1-3-6-17)23-20-12-14-24(15-13-20)29(26,27)21-7-4-16-28-21/h1-11,16,20H,12-15H2,(H,23,25). The van der Waals surface area contributed by atoms with E-state index in [0.29, 0.717) is 35.7 Å². The second-order valence-corrected chi connectivity index (χ2v) is 10.1. The average Bonchev–Trinajstić information content (AvgIpc) is 3.31. The van der Waals surface area contributed by atoms with Crippen LogP contribution in [0.15, 0.2) is 76.3 Å². The van der Waals surface area contributed by atoms with Crippen LogP contribution in [0.25, 0.3) is 11.1 Å². The molecule has 2 aromatic carbocycles. The number of hydrogen-bond acceptors (Lipinski definition) is 4. The summed E-state index contributed by atoms with van der Waals surface area (Å²) in [7, 11) is -3.41. The van der Waals surface area contributed by atoms with Crippen molar-refractivity contribution in [3.05, 3.63) is 77.7 Å². The molecule has 4 rings (SSSR count). The van der Waals surface area contributed by atoms with E-state index in [9.17, 15) is 13.2 Å². The van der Waals surface area contributed by atoms with Gasteiger partial charge in [-0.05, 0) is 47.5 Å². The lowest BCUT2D eigenvalue weighted by Gasteiger charge is -2.31. The molecular weight excluding hydrogens is 404 g/mol. The lowest BCUT2D eigenvalue weighted by atomic mass is 10.0. The Labute approximate surface area is 175 Å². The highest BCUT2D eigenvalue weighted by atomic mass is 32.2. The number of nitrogens with zero attached hydrogens (tertiary/aromatic N) is 1. The molecule has 1 N–H and O–H groups in total. The van der Waals surface area contributed by atoms with E-state index in [4.69, 9.17) is 0 Å². The molecule has 0 bridgehead atoms. The molecule has 1 aliphatic heterocycles. The first-order chi connectivity index (χ1) is 14.0. The second kappa shape index (κ2) is 8.49. The van der Waals surface area contributed by atoms with E-state index in [1.165, 1.54) is 15.6 Å². The van der Waals surface area contributed by atoms with Crippen LogP contribution in [-0.2, 0) is 10.0 Å². The van der Waals surface area contributed by atoms with Gasteiger partial charge in [-0.2, -0.15) is 4.31 Å². The fraction of sp³-hybridized carbons (Fsp3) is 0.227. The van der Waals surface area contributed by atoms with Gasteiger partial charge >= 0.3 is 0 Å². The van der Waals surface area contributed by atoms with Crippen LogP contribution in [-0.4, -0.2) is 37.8 Å². The third-order valence-electron chi connectivity index (χ3n) is 5.13. The number of rotatable bonds is 5. The van der Waals surface area contributed by atoms with E-state index in [-0.39, 0.29) is 11.9 Å². The molecule has 2 heterocycles. The minimum Gasteiger partial charge on any atom is -0.349 e. The summed E-state index contributed by atoms with van der Waals surface area (Å²) in [5, 5.41) is 4.81. The summed E-state index contributed by atoms with van der Waals surface area (Å²) < 4.78 is 27.1. The molecule has 7 heteroatoms. The van der Waals surface area contributed by atoms with Gasteiger partial charge in [0.2, 0.25) is 0 Å². The number of piperidine rings is 1. The van der Waals surface area contributed by atoms with Crippen LogP contribution in [0.3, 0.4) is 0 Å². The van der Waals surface area contributed by atoms with Crippen molar-refractivity contribution in [2.45, 2.75) is 23.1 Å². The summed E-state index contributed by atoms with van der Waals surface area (Å²) in [6.45, 7) is 0.830. The van der Waals surface area contributed by atoms with E-state index in [0.717, 1.165) is 11.1 Å². The maximum absolute atomic E-state index is 12.6. The SMILES string of the molecule is O=C(NC1CCN(S(=O)(=O)c2cccs2)CC1)c1ccc(-c2ccccc2)cc1. The number of hydrogen-bond donors (Lipinski definition) is 1. The molecule has 1 saturated heterocycles. The van der Waals surface area contributed by atoms with Gasteiger partial charge in [-0.1, -0.05) is 48.5 Å². The van der Waals surface area contributed by atoms with Crippen LogP contribution in [0.2, 0.25) is 0 Å². The quantitative estimate of drug-likeness (QED) is 0.671. The molecule has 1 amide bonds. The number of benzene rings is 2. The van der Waals surface area contributed by atoms with Crippen molar-refractivity contribution >= 4 is 27.3 Å². The third kappa shape index (κ3) is 4.42. The zero-order valence-electron chi connectivity index (χ0n) is 15.8. The Morgan fingerprint density at radius 1 is 0.897 bits per heavy atom. The lowest BCUT2D eigenvalue weighted by molar-refractivity contribution is 0.0924. The van der Waals surface area contributed by atoms with Crippen LogP contribution in [0, 0.1) is 0 Å². The highest BCUT2D eigenvalue weighted by molar-refractivity contribution is 7.91. The van der Waals surface area contributed by atoms with Crippen LogP contribution in [0.4, 0.5) is 0 Å². The number of carbonyl (C=O) groups is 1. The van der Waals surface area contributed by atoms with Crippen molar-refractivity contribution in [1.29, 1.82) is 0 Å².